The Labute approximate surface area is 94.5 Å². The SMILES string of the molecule is CN(C(=O)CN=[N+]=[N-])C1(C#N)CCCCC1. The first-order valence-electron chi connectivity index (χ1n) is 5.35. The highest BCUT2D eigenvalue weighted by molar-refractivity contribution is 5.79. The Bertz CT molecular complexity index is 347. The van der Waals surface area contributed by atoms with E-state index in [1.165, 1.54) is 4.90 Å². The van der Waals surface area contributed by atoms with Gasteiger partial charge >= 0.3 is 0 Å². The second-order valence-corrected chi connectivity index (χ2v) is 4.05. The molecule has 0 N–H and O–H groups in total. The van der Waals surface area contributed by atoms with Crippen LogP contribution < -0.4 is 0 Å². The van der Waals surface area contributed by atoms with Crippen LogP contribution in [0.4, 0.5) is 0 Å². The zero-order chi connectivity index (χ0) is 12.0. The van der Waals surface area contributed by atoms with E-state index in [0.717, 1.165) is 19.3 Å². The van der Waals surface area contributed by atoms with Crippen LogP contribution in [-0.4, -0.2) is 29.9 Å². The molecule has 1 amide bonds. The lowest BCUT2D eigenvalue weighted by Crippen LogP contribution is -2.50. The molecule has 0 aromatic carbocycles. The summed E-state index contributed by atoms with van der Waals surface area (Å²) >= 11 is 0. The monoisotopic (exact) mass is 221 g/mol. The van der Waals surface area contributed by atoms with Gasteiger partial charge in [-0.05, 0) is 18.4 Å². The van der Waals surface area contributed by atoms with Gasteiger partial charge in [0.25, 0.3) is 0 Å². The lowest BCUT2D eigenvalue weighted by atomic mass is 9.81. The molecule has 16 heavy (non-hydrogen) atoms. The molecule has 0 aliphatic heterocycles. The van der Waals surface area contributed by atoms with Crippen molar-refractivity contribution < 1.29 is 4.79 Å². The molecule has 1 fully saturated rings. The minimum Gasteiger partial charge on any atom is -0.327 e. The molecule has 1 aliphatic rings. The van der Waals surface area contributed by atoms with Gasteiger partial charge < -0.3 is 4.90 Å². The molecule has 1 aliphatic carbocycles. The lowest BCUT2D eigenvalue weighted by molar-refractivity contribution is -0.133. The van der Waals surface area contributed by atoms with E-state index in [1.54, 1.807) is 7.05 Å². The predicted octanol–water partition coefficient (Wildman–Crippen LogP) is 1.98. The third-order valence-corrected chi connectivity index (χ3v) is 3.17. The Hall–Kier alpha value is -1.73. The first-order chi connectivity index (χ1) is 7.66. The molecular formula is C10H15N5O. The summed E-state index contributed by atoms with van der Waals surface area (Å²) in [6, 6.07) is 2.24. The number of azide groups is 1. The van der Waals surface area contributed by atoms with Gasteiger partial charge in [0.2, 0.25) is 5.91 Å². The molecule has 0 aromatic rings. The molecule has 0 spiro atoms. The summed E-state index contributed by atoms with van der Waals surface area (Å²) in [7, 11) is 1.61. The molecule has 0 bridgehead atoms. The third-order valence-electron chi connectivity index (χ3n) is 3.17. The first-order valence-corrected chi connectivity index (χ1v) is 5.35. The fourth-order valence-electron chi connectivity index (χ4n) is 2.10. The van der Waals surface area contributed by atoms with Crippen LogP contribution in [0.25, 0.3) is 10.4 Å². The Balaban J connectivity index is 2.75. The second-order valence-electron chi connectivity index (χ2n) is 4.05. The molecule has 1 rings (SSSR count). The maximum Gasteiger partial charge on any atom is 0.229 e. The number of amides is 1. The Morgan fingerprint density at radius 3 is 2.69 bits per heavy atom. The molecule has 0 unspecified atom stereocenters. The summed E-state index contributed by atoms with van der Waals surface area (Å²) in [4.78, 5) is 15.7. The quantitative estimate of drug-likeness (QED) is 0.414. The van der Waals surface area contributed by atoms with Gasteiger partial charge in [-0.1, -0.05) is 24.4 Å². The van der Waals surface area contributed by atoms with Gasteiger partial charge in [-0.25, -0.2) is 0 Å². The van der Waals surface area contributed by atoms with Crippen molar-refractivity contribution in [2.75, 3.05) is 13.6 Å². The molecular weight excluding hydrogens is 206 g/mol. The molecule has 0 heterocycles. The van der Waals surface area contributed by atoms with E-state index in [0.29, 0.717) is 12.8 Å². The Morgan fingerprint density at radius 1 is 1.56 bits per heavy atom. The van der Waals surface area contributed by atoms with Crippen molar-refractivity contribution in [3.05, 3.63) is 10.4 Å². The van der Waals surface area contributed by atoms with Crippen molar-refractivity contribution in [1.82, 2.24) is 4.90 Å². The van der Waals surface area contributed by atoms with Crippen LogP contribution in [0.1, 0.15) is 32.1 Å². The van der Waals surface area contributed by atoms with Gasteiger partial charge in [0.15, 0.2) is 0 Å². The van der Waals surface area contributed by atoms with Gasteiger partial charge in [0.05, 0.1) is 6.07 Å². The van der Waals surface area contributed by atoms with Crippen molar-refractivity contribution in [2.45, 2.75) is 37.6 Å². The Kier molecular flexibility index (Phi) is 4.15. The van der Waals surface area contributed by atoms with E-state index in [9.17, 15) is 10.1 Å². The van der Waals surface area contributed by atoms with Crippen molar-refractivity contribution in [1.29, 1.82) is 5.26 Å². The predicted molar refractivity (Wildman–Crippen MR) is 58.2 cm³/mol. The number of rotatable bonds is 3. The zero-order valence-corrected chi connectivity index (χ0v) is 9.39. The number of likely N-dealkylation sites (N-methyl/N-ethyl adjacent to an activating group) is 1. The molecule has 6 nitrogen and oxygen atoms in total. The minimum absolute atomic E-state index is 0.212. The molecule has 6 heteroatoms. The molecule has 0 radical (unpaired) electrons. The van der Waals surface area contributed by atoms with Crippen LogP contribution in [0, 0.1) is 11.3 Å². The Morgan fingerprint density at radius 2 is 2.19 bits per heavy atom. The normalized spacial score (nSPS) is 18.0. The fourth-order valence-corrected chi connectivity index (χ4v) is 2.10. The van der Waals surface area contributed by atoms with E-state index < -0.39 is 5.54 Å². The van der Waals surface area contributed by atoms with Crippen molar-refractivity contribution in [3.8, 4) is 6.07 Å². The topological polar surface area (TPSA) is 92.9 Å². The van der Waals surface area contributed by atoms with Gasteiger partial charge in [0, 0.05) is 12.0 Å². The molecule has 0 atom stereocenters. The van der Waals surface area contributed by atoms with E-state index in [1.807, 2.05) is 0 Å². The van der Waals surface area contributed by atoms with E-state index >= 15 is 0 Å². The number of carbonyl (C=O) groups is 1. The van der Waals surface area contributed by atoms with Crippen LogP contribution in [0.15, 0.2) is 5.11 Å². The van der Waals surface area contributed by atoms with Gasteiger partial charge in [-0.15, -0.1) is 0 Å². The average molecular weight is 221 g/mol. The number of nitriles is 1. The smallest absolute Gasteiger partial charge is 0.229 e. The van der Waals surface area contributed by atoms with Gasteiger partial charge in [-0.2, -0.15) is 5.26 Å². The second kappa shape index (κ2) is 5.38. The third kappa shape index (κ3) is 2.44. The number of nitrogens with zero attached hydrogens (tertiary/aromatic N) is 5. The molecule has 0 aromatic heterocycles. The summed E-state index contributed by atoms with van der Waals surface area (Å²) < 4.78 is 0. The van der Waals surface area contributed by atoms with E-state index in [-0.39, 0.29) is 12.5 Å². The highest BCUT2D eigenvalue weighted by atomic mass is 16.2. The van der Waals surface area contributed by atoms with Crippen LogP contribution in [0.2, 0.25) is 0 Å². The minimum atomic E-state index is -0.694. The van der Waals surface area contributed by atoms with E-state index in [2.05, 4.69) is 16.1 Å². The summed E-state index contributed by atoms with van der Waals surface area (Å²) in [5.74, 6) is -0.291. The number of hydrogen-bond acceptors (Lipinski definition) is 3. The van der Waals surface area contributed by atoms with Crippen LogP contribution in [0.5, 0.6) is 0 Å². The van der Waals surface area contributed by atoms with Crippen molar-refractivity contribution >= 4 is 5.91 Å². The maximum absolute atomic E-state index is 11.7. The largest absolute Gasteiger partial charge is 0.327 e. The molecule has 86 valence electrons. The number of hydrogen-bond donors (Lipinski definition) is 0. The molecule has 1 saturated carbocycles. The highest BCUT2D eigenvalue weighted by Gasteiger charge is 2.38. The first kappa shape index (κ1) is 12.3. The van der Waals surface area contributed by atoms with Gasteiger partial charge in [-0.3, -0.25) is 4.79 Å². The standard InChI is InChI=1S/C10H15N5O/c1-15(9(16)7-13-14-12)10(8-11)5-3-2-4-6-10/h2-7H2,1H3. The maximum atomic E-state index is 11.7. The van der Waals surface area contributed by atoms with Crippen LogP contribution >= 0.6 is 0 Å². The average Bonchev–Trinajstić information content (AvgIpc) is 2.35. The number of carbonyl (C=O) groups excluding carboxylic acids is 1. The summed E-state index contributed by atoms with van der Waals surface area (Å²) in [6.45, 7) is -0.212. The zero-order valence-electron chi connectivity index (χ0n) is 9.39. The van der Waals surface area contributed by atoms with Crippen molar-refractivity contribution in [2.24, 2.45) is 5.11 Å². The summed E-state index contributed by atoms with van der Waals surface area (Å²) in [5.41, 5.74) is 7.46. The summed E-state index contributed by atoms with van der Waals surface area (Å²) in [6.07, 6.45) is 4.46. The molecule has 0 saturated heterocycles. The fraction of sp³-hybridized carbons (Fsp3) is 0.800. The van der Waals surface area contributed by atoms with Crippen LogP contribution in [0.3, 0.4) is 0 Å². The lowest BCUT2D eigenvalue weighted by Gasteiger charge is -2.38. The van der Waals surface area contributed by atoms with Crippen LogP contribution in [-0.2, 0) is 4.79 Å². The van der Waals surface area contributed by atoms with Gasteiger partial charge in [0.1, 0.15) is 12.1 Å². The summed E-state index contributed by atoms with van der Waals surface area (Å²) in [5, 5.41) is 12.5. The van der Waals surface area contributed by atoms with Crippen molar-refractivity contribution in [3.63, 3.8) is 0 Å². The highest BCUT2D eigenvalue weighted by Crippen LogP contribution is 2.32. The van der Waals surface area contributed by atoms with E-state index in [4.69, 9.17) is 5.53 Å².